The topological polar surface area (TPSA) is 44.8 Å². The molecule has 4 nitrogen and oxygen atoms in total. The third-order valence-corrected chi connectivity index (χ3v) is 4.40. The summed E-state index contributed by atoms with van der Waals surface area (Å²) in [6.07, 6.45) is 22.7. The average Bonchev–Trinajstić information content (AvgIpc) is 2.70. The van der Waals surface area contributed by atoms with Gasteiger partial charge in [0, 0.05) is 13.0 Å². The largest absolute Gasteiger partial charge is 0.463 e. The maximum absolute atomic E-state index is 11.6. The molecule has 0 fully saturated rings. The third-order valence-electron chi connectivity index (χ3n) is 4.40. The normalized spacial score (nSPS) is 11.6. The van der Waals surface area contributed by atoms with E-state index in [-0.39, 0.29) is 5.97 Å². The molecule has 0 aliphatic rings. The molecule has 0 rings (SSSR count). The van der Waals surface area contributed by atoms with Crippen molar-refractivity contribution in [3.05, 3.63) is 24.3 Å². The highest BCUT2D eigenvalue weighted by Gasteiger charge is 2.02. The van der Waals surface area contributed by atoms with Gasteiger partial charge in [-0.25, -0.2) is 0 Å². The van der Waals surface area contributed by atoms with Crippen molar-refractivity contribution in [3.63, 3.8) is 0 Å². The SMILES string of the molecule is CCCCC/C=C\C/C=C\CCCCCCCC(=O)OCCOCCOCC. The quantitative estimate of drug-likeness (QED) is 0.128. The Kier molecular flexibility index (Phi) is 22.9. The Morgan fingerprint density at radius 2 is 1.29 bits per heavy atom. The lowest BCUT2D eigenvalue weighted by Gasteiger charge is -2.06. The number of esters is 1. The Hall–Kier alpha value is -1.13. The molecule has 0 amide bonds. The maximum Gasteiger partial charge on any atom is 0.305 e. The van der Waals surface area contributed by atoms with Crippen molar-refractivity contribution in [2.75, 3.05) is 33.0 Å². The minimum absolute atomic E-state index is 0.112. The summed E-state index contributed by atoms with van der Waals surface area (Å²) in [5, 5.41) is 0. The minimum atomic E-state index is -0.112. The van der Waals surface area contributed by atoms with Gasteiger partial charge in [0.15, 0.2) is 0 Å². The number of ether oxygens (including phenoxy) is 3. The summed E-state index contributed by atoms with van der Waals surface area (Å²) in [6, 6.07) is 0. The van der Waals surface area contributed by atoms with Gasteiger partial charge in [0.2, 0.25) is 0 Å². The molecular formula is C24H44O4. The molecule has 4 heteroatoms. The Morgan fingerprint density at radius 3 is 2.00 bits per heavy atom. The zero-order valence-corrected chi connectivity index (χ0v) is 18.5. The lowest BCUT2D eigenvalue weighted by molar-refractivity contribution is -0.145. The number of unbranched alkanes of at least 4 members (excludes halogenated alkanes) is 8. The van der Waals surface area contributed by atoms with Gasteiger partial charge >= 0.3 is 5.97 Å². The molecule has 0 aromatic heterocycles. The summed E-state index contributed by atoms with van der Waals surface area (Å²) < 4.78 is 15.6. The number of allylic oxidation sites excluding steroid dienone is 4. The smallest absolute Gasteiger partial charge is 0.305 e. The first-order valence-electron chi connectivity index (χ1n) is 11.4. The van der Waals surface area contributed by atoms with Gasteiger partial charge in [0.25, 0.3) is 0 Å². The molecule has 164 valence electrons. The highest BCUT2D eigenvalue weighted by Crippen LogP contribution is 2.08. The molecule has 0 bridgehead atoms. The number of carbonyl (C=O) groups excluding carboxylic acids is 1. The van der Waals surface area contributed by atoms with Crippen LogP contribution in [-0.4, -0.2) is 39.0 Å². The van der Waals surface area contributed by atoms with Crippen molar-refractivity contribution in [1.82, 2.24) is 0 Å². The van der Waals surface area contributed by atoms with Crippen molar-refractivity contribution < 1.29 is 19.0 Å². The molecule has 0 heterocycles. The standard InChI is InChI=1S/C24H44O4/c1-3-5-6-7-8-9-10-11-12-13-14-15-16-17-18-19-24(25)28-23-22-27-21-20-26-4-2/h8-9,11-12H,3-7,10,13-23H2,1-2H3/b9-8-,12-11-. The maximum atomic E-state index is 11.6. The molecule has 0 saturated heterocycles. The van der Waals surface area contributed by atoms with Gasteiger partial charge in [-0.15, -0.1) is 0 Å². The van der Waals surface area contributed by atoms with Crippen molar-refractivity contribution in [3.8, 4) is 0 Å². The fourth-order valence-corrected chi connectivity index (χ4v) is 2.73. The molecule has 0 aromatic rings. The first kappa shape index (κ1) is 26.9. The fourth-order valence-electron chi connectivity index (χ4n) is 2.73. The fraction of sp³-hybridized carbons (Fsp3) is 0.792. The van der Waals surface area contributed by atoms with Crippen LogP contribution in [0.4, 0.5) is 0 Å². The predicted molar refractivity (Wildman–Crippen MR) is 118 cm³/mol. The molecule has 0 atom stereocenters. The van der Waals surface area contributed by atoms with Crippen LogP contribution in [0.3, 0.4) is 0 Å². The Bertz CT molecular complexity index is 377. The van der Waals surface area contributed by atoms with E-state index in [4.69, 9.17) is 14.2 Å². The van der Waals surface area contributed by atoms with E-state index in [1.54, 1.807) is 0 Å². The number of hydrogen-bond acceptors (Lipinski definition) is 4. The second-order valence-corrected chi connectivity index (χ2v) is 7.01. The number of rotatable bonds is 21. The molecule has 0 radical (unpaired) electrons. The van der Waals surface area contributed by atoms with Crippen molar-refractivity contribution in [2.45, 2.75) is 90.9 Å². The van der Waals surface area contributed by atoms with Crippen LogP contribution in [0.25, 0.3) is 0 Å². The van der Waals surface area contributed by atoms with Gasteiger partial charge < -0.3 is 14.2 Å². The van der Waals surface area contributed by atoms with Crippen LogP contribution >= 0.6 is 0 Å². The van der Waals surface area contributed by atoms with Crippen LogP contribution in [-0.2, 0) is 19.0 Å². The van der Waals surface area contributed by atoms with E-state index in [9.17, 15) is 4.79 Å². The van der Waals surface area contributed by atoms with E-state index < -0.39 is 0 Å². The Labute approximate surface area is 173 Å². The molecule has 0 spiro atoms. The monoisotopic (exact) mass is 396 g/mol. The highest BCUT2D eigenvalue weighted by molar-refractivity contribution is 5.69. The van der Waals surface area contributed by atoms with Crippen LogP contribution in [0.1, 0.15) is 90.9 Å². The van der Waals surface area contributed by atoms with E-state index in [2.05, 4.69) is 31.2 Å². The van der Waals surface area contributed by atoms with E-state index in [0.717, 1.165) is 25.7 Å². The molecule has 28 heavy (non-hydrogen) atoms. The van der Waals surface area contributed by atoms with Crippen molar-refractivity contribution in [1.29, 1.82) is 0 Å². The molecule has 0 aliphatic heterocycles. The molecule has 0 aliphatic carbocycles. The summed E-state index contributed by atoms with van der Waals surface area (Å²) in [5.41, 5.74) is 0. The Balaban J connectivity index is 3.25. The zero-order chi connectivity index (χ0) is 20.5. The summed E-state index contributed by atoms with van der Waals surface area (Å²) in [7, 11) is 0. The lowest BCUT2D eigenvalue weighted by atomic mass is 10.1. The predicted octanol–water partition coefficient (Wildman–Crippen LogP) is 6.40. The van der Waals surface area contributed by atoms with Crippen LogP contribution in [0.5, 0.6) is 0 Å². The first-order chi connectivity index (χ1) is 13.8. The highest BCUT2D eigenvalue weighted by atomic mass is 16.6. The Morgan fingerprint density at radius 1 is 0.679 bits per heavy atom. The average molecular weight is 397 g/mol. The number of carbonyl (C=O) groups is 1. The van der Waals surface area contributed by atoms with E-state index in [1.807, 2.05) is 6.92 Å². The molecule has 0 aromatic carbocycles. The van der Waals surface area contributed by atoms with Gasteiger partial charge in [-0.3, -0.25) is 4.79 Å². The summed E-state index contributed by atoms with van der Waals surface area (Å²) in [4.78, 5) is 11.6. The van der Waals surface area contributed by atoms with Crippen molar-refractivity contribution >= 4 is 5.97 Å². The first-order valence-corrected chi connectivity index (χ1v) is 11.4. The zero-order valence-electron chi connectivity index (χ0n) is 18.5. The van der Waals surface area contributed by atoms with E-state index in [1.165, 1.54) is 44.9 Å². The second-order valence-electron chi connectivity index (χ2n) is 7.01. The van der Waals surface area contributed by atoms with Crippen LogP contribution < -0.4 is 0 Å². The van der Waals surface area contributed by atoms with Gasteiger partial charge in [-0.1, -0.05) is 63.3 Å². The van der Waals surface area contributed by atoms with Gasteiger partial charge in [-0.05, 0) is 45.4 Å². The lowest BCUT2D eigenvalue weighted by Crippen LogP contribution is -2.12. The summed E-state index contributed by atoms with van der Waals surface area (Å²) >= 11 is 0. The molecule has 0 N–H and O–H groups in total. The number of hydrogen-bond donors (Lipinski definition) is 0. The van der Waals surface area contributed by atoms with Crippen molar-refractivity contribution in [2.24, 2.45) is 0 Å². The van der Waals surface area contributed by atoms with Gasteiger partial charge in [0.05, 0.1) is 19.8 Å². The van der Waals surface area contributed by atoms with Crippen LogP contribution in [0, 0.1) is 0 Å². The minimum Gasteiger partial charge on any atom is -0.463 e. The third kappa shape index (κ3) is 22.9. The van der Waals surface area contributed by atoms with Crippen LogP contribution in [0.15, 0.2) is 24.3 Å². The summed E-state index contributed by atoms with van der Waals surface area (Å²) in [6.45, 7) is 6.82. The molecule has 0 unspecified atom stereocenters. The van der Waals surface area contributed by atoms with E-state index >= 15 is 0 Å². The van der Waals surface area contributed by atoms with Gasteiger partial charge in [0.1, 0.15) is 6.61 Å². The van der Waals surface area contributed by atoms with Crippen LogP contribution in [0.2, 0.25) is 0 Å². The molecular weight excluding hydrogens is 352 g/mol. The van der Waals surface area contributed by atoms with E-state index in [0.29, 0.717) is 39.5 Å². The second kappa shape index (κ2) is 23.9. The summed E-state index contributed by atoms with van der Waals surface area (Å²) in [5.74, 6) is -0.112. The molecule has 0 saturated carbocycles. The van der Waals surface area contributed by atoms with Gasteiger partial charge in [-0.2, -0.15) is 0 Å².